The summed E-state index contributed by atoms with van der Waals surface area (Å²) in [6.45, 7) is 4.45. The van der Waals surface area contributed by atoms with Gasteiger partial charge in [-0.2, -0.15) is 18.4 Å². The number of nitrogens with zero attached hydrogens (tertiary/aromatic N) is 3. The van der Waals surface area contributed by atoms with Crippen molar-refractivity contribution in [1.29, 1.82) is 10.7 Å². The molecular formula is C27H31F3N4O3. The summed E-state index contributed by atoms with van der Waals surface area (Å²) < 4.78 is 51.5. The number of nitriles is 1. The number of benzene rings is 2. The van der Waals surface area contributed by atoms with E-state index < -0.39 is 17.7 Å². The lowest BCUT2D eigenvalue weighted by atomic mass is 9.94. The quantitative estimate of drug-likeness (QED) is 0.149. The Bertz CT molecular complexity index is 1170. The second kappa shape index (κ2) is 12.0. The van der Waals surface area contributed by atoms with Crippen LogP contribution in [0.5, 0.6) is 5.75 Å². The lowest BCUT2D eigenvalue weighted by Gasteiger charge is -2.29. The molecule has 0 aliphatic heterocycles. The number of halogens is 3. The summed E-state index contributed by atoms with van der Waals surface area (Å²) in [5, 5.41) is 18.2. The largest absolute Gasteiger partial charge is 0.496 e. The van der Waals surface area contributed by atoms with Crippen LogP contribution in [0, 0.1) is 22.8 Å². The molecule has 7 nitrogen and oxygen atoms in total. The molecular weight excluding hydrogens is 485 g/mol. The number of rotatable bonds is 10. The molecule has 0 amide bonds. The van der Waals surface area contributed by atoms with Crippen molar-refractivity contribution in [1.82, 2.24) is 9.80 Å². The maximum Gasteiger partial charge on any atom is 0.416 e. The van der Waals surface area contributed by atoms with E-state index in [1.54, 1.807) is 36.9 Å². The monoisotopic (exact) mass is 516 g/mol. The SMILES string of the molecule is CCOC(=O)Cc1ccc(OC)c(-c2ccc(C(F)(F)F)cc2CN(CC)C(=N)N(C#N)CC2CC2)c1. The lowest BCUT2D eigenvalue weighted by Crippen LogP contribution is -2.42. The van der Waals surface area contributed by atoms with Crippen LogP contribution >= 0.6 is 0 Å². The van der Waals surface area contributed by atoms with Gasteiger partial charge in [-0.25, -0.2) is 4.90 Å². The van der Waals surface area contributed by atoms with Gasteiger partial charge in [0.25, 0.3) is 0 Å². The predicted octanol–water partition coefficient (Wildman–Crippen LogP) is 5.44. The Morgan fingerprint density at radius 1 is 1.16 bits per heavy atom. The first kappa shape index (κ1) is 27.8. The van der Waals surface area contributed by atoms with E-state index >= 15 is 0 Å². The second-order valence-corrected chi connectivity index (χ2v) is 8.88. The van der Waals surface area contributed by atoms with Gasteiger partial charge >= 0.3 is 12.1 Å². The van der Waals surface area contributed by atoms with Crippen LogP contribution in [0.2, 0.25) is 0 Å². The maximum atomic E-state index is 13.7. The van der Waals surface area contributed by atoms with Crippen LogP contribution in [-0.2, 0) is 28.7 Å². The second-order valence-electron chi connectivity index (χ2n) is 8.88. The summed E-state index contributed by atoms with van der Waals surface area (Å²) in [7, 11) is 1.46. The van der Waals surface area contributed by atoms with Crippen molar-refractivity contribution >= 4 is 11.9 Å². The van der Waals surface area contributed by atoms with Crippen LogP contribution < -0.4 is 4.74 Å². The van der Waals surface area contributed by atoms with E-state index in [-0.39, 0.29) is 25.5 Å². The molecule has 0 saturated heterocycles. The molecule has 0 spiro atoms. The van der Waals surface area contributed by atoms with Crippen LogP contribution in [-0.4, -0.2) is 48.5 Å². The summed E-state index contributed by atoms with van der Waals surface area (Å²) in [4.78, 5) is 14.9. The summed E-state index contributed by atoms with van der Waals surface area (Å²) in [6.07, 6.45) is -0.525. The lowest BCUT2D eigenvalue weighted by molar-refractivity contribution is -0.142. The number of esters is 1. The Kier molecular flexibility index (Phi) is 9.03. The predicted molar refractivity (Wildman–Crippen MR) is 133 cm³/mol. The fraction of sp³-hybridized carbons (Fsp3) is 0.444. The summed E-state index contributed by atoms with van der Waals surface area (Å²) >= 11 is 0. The van der Waals surface area contributed by atoms with Crippen molar-refractivity contribution in [2.24, 2.45) is 5.92 Å². The van der Waals surface area contributed by atoms with Crippen molar-refractivity contribution in [2.45, 2.75) is 45.8 Å². The Morgan fingerprint density at radius 2 is 1.89 bits per heavy atom. The highest BCUT2D eigenvalue weighted by atomic mass is 19.4. The van der Waals surface area contributed by atoms with E-state index in [1.807, 2.05) is 6.19 Å². The van der Waals surface area contributed by atoms with Crippen molar-refractivity contribution < 1.29 is 27.4 Å². The third kappa shape index (κ3) is 7.15. The zero-order valence-electron chi connectivity index (χ0n) is 21.2. The van der Waals surface area contributed by atoms with Crippen molar-refractivity contribution in [2.75, 3.05) is 26.8 Å². The topological polar surface area (TPSA) is 89.7 Å². The Balaban J connectivity index is 2.04. The molecule has 1 saturated carbocycles. The maximum absolute atomic E-state index is 13.7. The summed E-state index contributed by atoms with van der Waals surface area (Å²) in [6, 6.07) is 8.54. The van der Waals surface area contributed by atoms with Gasteiger partial charge < -0.3 is 14.4 Å². The van der Waals surface area contributed by atoms with Crippen LogP contribution in [0.1, 0.15) is 43.4 Å². The fourth-order valence-electron chi connectivity index (χ4n) is 4.06. The van der Waals surface area contributed by atoms with E-state index in [0.29, 0.717) is 47.0 Å². The average molecular weight is 517 g/mol. The molecule has 3 rings (SSSR count). The minimum Gasteiger partial charge on any atom is -0.496 e. The molecule has 0 aromatic heterocycles. The van der Waals surface area contributed by atoms with E-state index in [1.165, 1.54) is 18.1 Å². The highest BCUT2D eigenvalue weighted by Gasteiger charge is 2.32. The molecule has 0 radical (unpaired) electrons. The zero-order valence-corrected chi connectivity index (χ0v) is 21.2. The zero-order chi connectivity index (χ0) is 27.2. The molecule has 1 N–H and O–H groups in total. The van der Waals surface area contributed by atoms with Crippen LogP contribution in [0.3, 0.4) is 0 Å². The molecule has 0 atom stereocenters. The highest BCUT2D eigenvalue weighted by Crippen LogP contribution is 2.38. The van der Waals surface area contributed by atoms with Gasteiger partial charge in [0.1, 0.15) is 5.75 Å². The molecule has 1 aliphatic rings. The molecule has 0 heterocycles. The minimum absolute atomic E-state index is 0.00479. The number of methoxy groups -OCH3 is 1. The molecule has 1 fully saturated rings. The van der Waals surface area contributed by atoms with Gasteiger partial charge in [0, 0.05) is 25.2 Å². The van der Waals surface area contributed by atoms with Crippen molar-refractivity contribution in [3.05, 3.63) is 53.1 Å². The molecule has 0 bridgehead atoms. The number of hydrogen-bond donors (Lipinski definition) is 1. The van der Waals surface area contributed by atoms with E-state index in [0.717, 1.165) is 25.0 Å². The molecule has 37 heavy (non-hydrogen) atoms. The van der Waals surface area contributed by atoms with Gasteiger partial charge in [-0.05, 0) is 73.6 Å². The molecule has 0 unspecified atom stereocenters. The number of hydrogen-bond acceptors (Lipinski definition) is 5. The molecule has 198 valence electrons. The van der Waals surface area contributed by atoms with E-state index in [2.05, 4.69) is 0 Å². The first-order valence-electron chi connectivity index (χ1n) is 12.1. The Morgan fingerprint density at radius 3 is 2.46 bits per heavy atom. The fourth-order valence-corrected chi connectivity index (χ4v) is 4.06. The van der Waals surface area contributed by atoms with Gasteiger partial charge in [0.15, 0.2) is 6.19 Å². The summed E-state index contributed by atoms with van der Waals surface area (Å²) in [5.41, 5.74) is 1.13. The summed E-state index contributed by atoms with van der Waals surface area (Å²) in [5.74, 6) is 0.320. The molecule has 2 aromatic rings. The smallest absolute Gasteiger partial charge is 0.416 e. The average Bonchev–Trinajstić information content (AvgIpc) is 3.69. The first-order chi connectivity index (χ1) is 17.6. The molecule has 2 aromatic carbocycles. The van der Waals surface area contributed by atoms with Crippen LogP contribution in [0.4, 0.5) is 13.2 Å². The number of guanidine groups is 1. The Hall–Kier alpha value is -3.74. The highest BCUT2D eigenvalue weighted by molar-refractivity contribution is 5.80. The number of carbonyl (C=O) groups is 1. The van der Waals surface area contributed by atoms with Crippen molar-refractivity contribution in [3.63, 3.8) is 0 Å². The van der Waals surface area contributed by atoms with Gasteiger partial charge in [-0.15, -0.1) is 0 Å². The van der Waals surface area contributed by atoms with Crippen LogP contribution in [0.15, 0.2) is 36.4 Å². The number of carbonyl (C=O) groups excluding carboxylic acids is 1. The van der Waals surface area contributed by atoms with E-state index in [4.69, 9.17) is 14.9 Å². The van der Waals surface area contributed by atoms with Gasteiger partial charge in [0.2, 0.25) is 5.96 Å². The number of ether oxygens (including phenoxy) is 2. The third-order valence-corrected chi connectivity index (χ3v) is 6.20. The van der Waals surface area contributed by atoms with Crippen molar-refractivity contribution in [3.8, 4) is 23.1 Å². The van der Waals surface area contributed by atoms with E-state index in [9.17, 15) is 23.2 Å². The number of nitrogens with one attached hydrogen (secondary N) is 1. The van der Waals surface area contributed by atoms with Gasteiger partial charge in [-0.1, -0.05) is 12.1 Å². The normalized spacial score (nSPS) is 13.0. The minimum atomic E-state index is -4.56. The first-order valence-corrected chi connectivity index (χ1v) is 12.1. The van der Waals surface area contributed by atoms with Gasteiger partial charge in [-0.3, -0.25) is 10.2 Å². The standard InChI is InChI=1S/C27H31F3N4O3/c1-4-33(26(32)34(17-31)15-18-6-7-18)16-20-14-21(27(28,29)30)9-10-22(20)23-12-19(8-11-24(23)36-3)13-25(35)37-5-2/h8-12,14,18,32H,4-7,13,15-16H2,1-3H3. The molecule has 1 aliphatic carbocycles. The third-order valence-electron chi connectivity index (χ3n) is 6.20. The van der Waals surface area contributed by atoms with Gasteiger partial charge in [0.05, 0.1) is 25.7 Å². The van der Waals surface area contributed by atoms with Crippen LogP contribution in [0.25, 0.3) is 11.1 Å². The Labute approximate surface area is 214 Å². The number of alkyl halides is 3. The molecule has 10 heteroatoms.